The Hall–Kier alpha value is -5.82. The minimum atomic E-state index is -0.221. The normalized spacial score (nSPS) is 13.7. The van der Waals surface area contributed by atoms with E-state index in [1.54, 1.807) is 39.8 Å². The molecule has 15 aromatic rings. The topological polar surface area (TPSA) is 0 Å². The molecule has 0 bridgehead atoms. The second-order valence-corrected chi connectivity index (χ2v) is 27.6. The number of rotatable bonds is 12. The first-order valence-electron chi connectivity index (χ1n) is 27.4. The van der Waals surface area contributed by atoms with Crippen molar-refractivity contribution in [2.75, 3.05) is 8.86 Å². The van der Waals surface area contributed by atoms with Crippen molar-refractivity contribution < 1.29 is 42.4 Å². The van der Waals surface area contributed by atoms with Crippen molar-refractivity contribution in [3.8, 4) is 22.3 Å². The molecule has 0 N–H and O–H groups in total. The van der Waals surface area contributed by atoms with Gasteiger partial charge in [-0.3, -0.25) is 0 Å². The van der Waals surface area contributed by atoms with Crippen LogP contribution in [-0.4, -0.2) is 8.86 Å². The molecular weight excluding hydrogens is 1110 g/mol. The van der Waals surface area contributed by atoms with Gasteiger partial charge in [-0.1, -0.05) is 70.0 Å². The van der Waals surface area contributed by atoms with Gasteiger partial charge in [0.15, 0.2) is 0 Å². The van der Waals surface area contributed by atoms with Crippen LogP contribution in [0.25, 0.3) is 162 Å². The molecule has 1 unspecified atom stereocenters. The summed E-state index contributed by atoms with van der Waals surface area (Å²) >= 11 is -0.443. The van der Waals surface area contributed by atoms with Crippen molar-refractivity contribution in [3.63, 3.8) is 0 Å². The first kappa shape index (κ1) is 43.6. The summed E-state index contributed by atoms with van der Waals surface area (Å²) in [5.41, 5.74) is 9.05. The summed E-state index contributed by atoms with van der Waals surface area (Å²) in [4.78, 5) is 0. The quantitative estimate of drug-likeness (QED) is 0.0495. The van der Waals surface area contributed by atoms with Gasteiger partial charge in [-0.15, -0.1) is 0 Å². The van der Waals surface area contributed by atoms with Crippen molar-refractivity contribution >= 4 is 140 Å². The maximum atomic E-state index is 2.58. The van der Waals surface area contributed by atoms with E-state index in [-0.39, 0.29) is 42.4 Å². The van der Waals surface area contributed by atoms with E-state index in [1.807, 2.05) is 0 Å². The number of aryl methyl sites for hydroxylation is 1. The molecule has 0 nitrogen and oxygen atoms in total. The van der Waals surface area contributed by atoms with Crippen molar-refractivity contribution in [2.45, 2.75) is 79.6 Å². The fourth-order valence-electron chi connectivity index (χ4n) is 14.7. The van der Waals surface area contributed by atoms with E-state index in [0.717, 1.165) is 12.8 Å². The molecule has 0 amide bonds. The fourth-order valence-corrected chi connectivity index (χ4v) is 20.6. The SMILES string of the molecule is CCCCc1c2c(c(CC(C)CC)c3ccccc13)-c1ccc3c4ccc5c6ccc7c8c([I-]CCC)c9c%10cccc%11cccc(c9c([I-]CCC)c8c8ccc(c9ccc(c%12ccc-2c1c%123)c4c95)c6c87)c%11%10. The minimum absolute atomic E-state index is 0.221. The molecule has 0 radical (unpaired) electrons. The summed E-state index contributed by atoms with van der Waals surface area (Å²) in [6.07, 6.45) is 8.26. The molecule has 0 aliphatic heterocycles. The van der Waals surface area contributed by atoms with Crippen molar-refractivity contribution in [2.24, 2.45) is 5.92 Å². The Labute approximate surface area is 447 Å². The fraction of sp³-hybridized carbons (Fsp3) is 0.211. The van der Waals surface area contributed by atoms with Crippen LogP contribution in [0.1, 0.15) is 77.8 Å². The van der Waals surface area contributed by atoms with Gasteiger partial charge in [0, 0.05) is 0 Å². The zero-order valence-electron chi connectivity index (χ0n) is 42.4. The van der Waals surface area contributed by atoms with Crippen molar-refractivity contribution in [3.05, 3.63) is 152 Å². The Kier molecular flexibility index (Phi) is 9.60. The molecule has 1 aliphatic rings. The zero-order chi connectivity index (χ0) is 48.5. The van der Waals surface area contributed by atoms with Gasteiger partial charge in [0.05, 0.1) is 0 Å². The number of fused-ring (bicyclic) bond motifs is 14. The van der Waals surface area contributed by atoms with E-state index < -0.39 is 0 Å². The Morgan fingerprint density at radius 3 is 1.18 bits per heavy atom. The summed E-state index contributed by atoms with van der Waals surface area (Å²) in [6.45, 7) is 11.9. The molecule has 16 rings (SSSR count). The number of benzene rings is 13. The molecule has 0 aromatic heterocycles. The first-order valence-corrected chi connectivity index (χ1v) is 32.6. The molecule has 1 atom stereocenters. The second kappa shape index (κ2) is 16.1. The van der Waals surface area contributed by atoms with Gasteiger partial charge < -0.3 is 0 Å². The van der Waals surface area contributed by atoms with E-state index in [1.165, 1.54) is 182 Å². The van der Waals surface area contributed by atoms with Gasteiger partial charge in [0.2, 0.25) is 0 Å². The third-order valence-electron chi connectivity index (χ3n) is 17.8. The number of hydrogen-bond donors (Lipinski definition) is 0. The van der Waals surface area contributed by atoms with Crippen molar-refractivity contribution in [1.29, 1.82) is 0 Å². The van der Waals surface area contributed by atoms with Crippen molar-refractivity contribution in [1.82, 2.24) is 0 Å². The molecular formula is C71H56I2-2. The van der Waals surface area contributed by atoms with Gasteiger partial charge in [-0.2, -0.15) is 0 Å². The van der Waals surface area contributed by atoms with E-state index >= 15 is 0 Å². The molecule has 0 saturated heterocycles. The number of halogens is 2. The first-order chi connectivity index (χ1) is 36.0. The Morgan fingerprint density at radius 2 is 0.726 bits per heavy atom. The molecule has 0 spiro atoms. The average Bonchev–Trinajstić information content (AvgIpc) is 4.09. The molecule has 0 heterocycles. The predicted molar refractivity (Wildman–Crippen MR) is 313 cm³/mol. The summed E-state index contributed by atoms with van der Waals surface area (Å²) in [5, 5.41) is 38.2. The van der Waals surface area contributed by atoms with Crippen LogP contribution in [-0.2, 0) is 12.8 Å². The summed E-state index contributed by atoms with van der Waals surface area (Å²) in [5.74, 6) is 0.611. The van der Waals surface area contributed by atoms with Crippen LogP contribution >= 0.6 is 0 Å². The molecule has 0 fully saturated rings. The summed E-state index contributed by atoms with van der Waals surface area (Å²) in [6, 6.07) is 54.0. The Morgan fingerprint density at radius 1 is 0.342 bits per heavy atom. The average molecular weight is 1160 g/mol. The summed E-state index contributed by atoms with van der Waals surface area (Å²) < 4.78 is 6.01. The van der Waals surface area contributed by atoms with Gasteiger partial charge in [0.25, 0.3) is 0 Å². The third-order valence-corrected chi connectivity index (χ3v) is 24.8. The van der Waals surface area contributed by atoms with Crippen LogP contribution in [0, 0.1) is 13.1 Å². The van der Waals surface area contributed by atoms with E-state index in [9.17, 15) is 0 Å². The third kappa shape index (κ3) is 5.57. The number of unbranched alkanes of at least 4 members (excludes halogenated alkanes) is 1. The van der Waals surface area contributed by atoms with Crippen LogP contribution in [0.3, 0.4) is 0 Å². The molecule has 15 aromatic carbocycles. The van der Waals surface area contributed by atoms with Crippen LogP contribution in [0.15, 0.2) is 133 Å². The van der Waals surface area contributed by atoms with Gasteiger partial charge in [-0.05, 0) is 74.7 Å². The van der Waals surface area contributed by atoms with E-state index in [4.69, 9.17) is 0 Å². The van der Waals surface area contributed by atoms with Crippen LogP contribution in [0.5, 0.6) is 0 Å². The number of hydrogen-bond acceptors (Lipinski definition) is 0. The standard InChI is InChI=1S/C71H56I2/c1-6-10-17-41-39-18-11-12-19-40(39)56(36-37(5)9-4)65-53-31-27-47-43-23-25-45-49-29-33-55-64-54(32-28-48(61(49)64)44-24-22-42(58(43)59(44)45)46-26-30-52(62(41)65)63(53)60(46)47)68-69(55)71(73-35-8-3)67-51-21-14-16-38-15-13-20-50(57(38)51)66(67)70(68)72-34-7-2/h11-16,18-33,37H,6-10,17,34-36H2,1-5H3/q-2. The molecule has 0 saturated carbocycles. The van der Waals surface area contributed by atoms with Crippen LogP contribution in [0.2, 0.25) is 0 Å². The summed E-state index contributed by atoms with van der Waals surface area (Å²) in [7, 11) is 0. The van der Waals surface area contributed by atoms with Gasteiger partial charge in [-0.25, -0.2) is 0 Å². The van der Waals surface area contributed by atoms with E-state index in [2.05, 4.69) is 168 Å². The number of alkyl halides is 2. The van der Waals surface area contributed by atoms with Crippen LogP contribution in [0.4, 0.5) is 0 Å². The van der Waals surface area contributed by atoms with E-state index in [0.29, 0.717) is 5.92 Å². The zero-order valence-corrected chi connectivity index (χ0v) is 46.7. The molecule has 1 aliphatic carbocycles. The Bertz CT molecular complexity index is 4630. The predicted octanol–water partition coefficient (Wildman–Crippen LogP) is 14.3. The second-order valence-electron chi connectivity index (χ2n) is 21.8. The monoisotopic (exact) mass is 1160 g/mol. The van der Waals surface area contributed by atoms with Crippen LogP contribution < -0.4 is 42.4 Å². The maximum absolute atomic E-state index is 2.58. The molecule has 2 heteroatoms. The van der Waals surface area contributed by atoms with Gasteiger partial charge >= 0.3 is 306 Å². The Balaban J connectivity index is 1.000. The molecule has 73 heavy (non-hydrogen) atoms. The van der Waals surface area contributed by atoms with Gasteiger partial charge in [0.1, 0.15) is 0 Å². The molecule has 356 valence electrons.